The van der Waals surface area contributed by atoms with Crippen LogP contribution in [0.5, 0.6) is 0 Å². The van der Waals surface area contributed by atoms with E-state index in [1.807, 2.05) is 0 Å². The number of rotatable bonds is 3. The minimum atomic E-state index is -3.30. The van der Waals surface area contributed by atoms with Crippen LogP contribution in [0.1, 0.15) is 40.5 Å². The lowest BCUT2D eigenvalue weighted by atomic mass is 9.98. The summed E-state index contributed by atoms with van der Waals surface area (Å²) in [4.78, 5) is 24.0. The van der Waals surface area contributed by atoms with Gasteiger partial charge in [-0.2, -0.15) is 8.78 Å². The van der Waals surface area contributed by atoms with E-state index >= 15 is 0 Å². The zero-order valence-electron chi connectivity index (χ0n) is 11.8. The first-order valence-corrected chi connectivity index (χ1v) is 6.38. The maximum atomic E-state index is 13.3. The molecule has 0 N–H and O–H groups in total. The van der Waals surface area contributed by atoms with Gasteiger partial charge in [0.15, 0.2) is 5.78 Å². The average molecular weight is 277 g/mol. The van der Waals surface area contributed by atoms with Gasteiger partial charge in [0.2, 0.25) is 0 Å². The van der Waals surface area contributed by atoms with Crippen molar-refractivity contribution in [2.75, 3.05) is 13.1 Å². The summed E-state index contributed by atoms with van der Waals surface area (Å²) in [5, 5.41) is 0. The Labute approximate surface area is 112 Å². The quantitative estimate of drug-likeness (QED) is 0.797. The van der Waals surface area contributed by atoms with Gasteiger partial charge in [0, 0.05) is 26.4 Å². The van der Waals surface area contributed by atoms with Gasteiger partial charge in [-0.05, 0) is 33.1 Å². The lowest BCUT2D eigenvalue weighted by Crippen LogP contribution is -2.36. The van der Waals surface area contributed by atoms with Gasteiger partial charge in [0.1, 0.15) is 5.60 Å². The standard InChI is InChI=1S/C13H21F2NO3/c1-9(17)13(14,15)7-10-5-6-16(8-10)11(18)19-12(2,3)4/h10H,5-8H2,1-4H3. The second-order valence-corrected chi connectivity index (χ2v) is 6.05. The predicted octanol–water partition coefficient (Wildman–Crippen LogP) is 2.86. The van der Waals surface area contributed by atoms with Crippen LogP contribution in [0.4, 0.5) is 13.6 Å². The normalized spacial score (nSPS) is 20.5. The van der Waals surface area contributed by atoms with Gasteiger partial charge in [0.05, 0.1) is 0 Å². The van der Waals surface area contributed by atoms with Crippen LogP contribution in [-0.4, -0.2) is 41.4 Å². The number of carbonyl (C=O) groups is 2. The molecular formula is C13H21F2NO3. The number of hydrogen-bond donors (Lipinski definition) is 0. The van der Waals surface area contributed by atoms with Crippen LogP contribution in [0, 0.1) is 5.92 Å². The first kappa shape index (κ1) is 15.9. The third-order valence-electron chi connectivity index (χ3n) is 3.00. The Kier molecular flexibility index (Phi) is 4.53. The Hall–Kier alpha value is -1.20. The molecule has 19 heavy (non-hydrogen) atoms. The summed E-state index contributed by atoms with van der Waals surface area (Å²) in [6, 6.07) is 0. The number of likely N-dealkylation sites (tertiary alicyclic amines) is 1. The molecule has 1 saturated heterocycles. The van der Waals surface area contributed by atoms with Gasteiger partial charge in [-0.25, -0.2) is 4.79 Å². The summed E-state index contributed by atoms with van der Waals surface area (Å²) in [7, 11) is 0. The molecule has 0 spiro atoms. The molecule has 1 rings (SSSR count). The molecule has 1 unspecified atom stereocenters. The van der Waals surface area contributed by atoms with E-state index in [2.05, 4.69) is 0 Å². The SMILES string of the molecule is CC(=O)C(F)(F)CC1CCN(C(=O)OC(C)(C)C)C1. The van der Waals surface area contributed by atoms with Gasteiger partial charge < -0.3 is 9.64 Å². The summed E-state index contributed by atoms with van der Waals surface area (Å²) in [6.45, 7) is 6.76. The van der Waals surface area contributed by atoms with E-state index in [1.165, 1.54) is 4.90 Å². The Morgan fingerprint density at radius 3 is 2.37 bits per heavy atom. The first-order chi connectivity index (χ1) is 8.51. The lowest BCUT2D eigenvalue weighted by molar-refractivity contribution is -0.142. The van der Waals surface area contributed by atoms with Crippen molar-refractivity contribution in [3.8, 4) is 0 Å². The largest absolute Gasteiger partial charge is 0.444 e. The highest BCUT2D eigenvalue weighted by molar-refractivity contribution is 5.83. The summed E-state index contributed by atoms with van der Waals surface area (Å²) in [5.74, 6) is -4.77. The van der Waals surface area contributed by atoms with Crippen LogP contribution in [0.2, 0.25) is 0 Å². The number of ketones is 1. The lowest BCUT2D eigenvalue weighted by Gasteiger charge is -2.24. The third kappa shape index (κ3) is 4.76. The second-order valence-electron chi connectivity index (χ2n) is 6.05. The topological polar surface area (TPSA) is 46.6 Å². The molecule has 110 valence electrons. The number of Topliss-reactive ketones (excluding diaryl/α,β-unsaturated/α-hetero) is 1. The van der Waals surface area contributed by atoms with Gasteiger partial charge in [-0.1, -0.05) is 0 Å². The smallest absolute Gasteiger partial charge is 0.410 e. The predicted molar refractivity (Wildman–Crippen MR) is 66.2 cm³/mol. The van der Waals surface area contributed by atoms with E-state index in [-0.39, 0.29) is 12.5 Å². The van der Waals surface area contributed by atoms with Crippen molar-refractivity contribution in [2.45, 2.75) is 52.1 Å². The maximum absolute atomic E-state index is 13.3. The highest BCUT2D eigenvalue weighted by Crippen LogP contribution is 2.30. The Morgan fingerprint density at radius 2 is 1.89 bits per heavy atom. The molecule has 0 aromatic rings. The van der Waals surface area contributed by atoms with Crippen molar-refractivity contribution in [3.05, 3.63) is 0 Å². The molecule has 1 fully saturated rings. The van der Waals surface area contributed by atoms with Gasteiger partial charge in [0.25, 0.3) is 0 Å². The third-order valence-corrected chi connectivity index (χ3v) is 3.00. The minimum absolute atomic E-state index is 0.220. The van der Waals surface area contributed by atoms with Crippen molar-refractivity contribution in [3.63, 3.8) is 0 Å². The molecular weight excluding hydrogens is 256 g/mol. The molecule has 1 amide bonds. The fraction of sp³-hybridized carbons (Fsp3) is 0.846. The van der Waals surface area contributed by atoms with Crippen LogP contribution in [-0.2, 0) is 9.53 Å². The number of halogens is 2. The van der Waals surface area contributed by atoms with Gasteiger partial charge >= 0.3 is 12.0 Å². The summed E-state index contributed by atoms with van der Waals surface area (Å²) in [5.41, 5.74) is -0.599. The minimum Gasteiger partial charge on any atom is -0.444 e. The molecule has 0 saturated carbocycles. The van der Waals surface area contributed by atoms with Crippen LogP contribution in [0.15, 0.2) is 0 Å². The van der Waals surface area contributed by atoms with E-state index in [4.69, 9.17) is 4.74 Å². The number of hydrogen-bond acceptors (Lipinski definition) is 3. The highest BCUT2D eigenvalue weighted by atomic mass is 19.3. The summed E-state index contributed by atoms with van der Waals surface area (Å²) < 4.78 is 31.8. The number of nitrogens with zero attached hydrogens (tertiary/aromatic N) is 1. The number of carbonyl (C=O) groups excluding carboxylic acids is 2. The van der Waals surface area contributed by atoms with E-state index in [9.17, 15) is 18.4 Å². The van der Waals surface area contributed by atoms with Crippen LogP contribution >= 0.6 is 0 Å². The molecule has 1 atom stereocenters. The Balaban J connectivity index is 2.50. The zero-order valence-corrected chi connectivity index (χ0v) is 11.8. The van der Waals surface area contributed by atoms with Crippen molar-refractivity contribution >= 4 is 11.9 Å². The van der Waals surface area contributed by atoms with E-state index in [0.717, 1.165) is 6.92 Å². The Morgan fingerprint density at radius 1 is 1.32 bits per heavy atom. The van der Waals surface area contributed by atoms with Gasteiger partial charge in [-0.3, -0.25) is 4.79 Å². The van der Waals surface area contributed by atoms with Crippen LogP contribution < -0.4 is 0 Å². The molecule has 0 bridgehead atoms. The average Bonchev–Trinajstić information content (AvgIpc) is 2.62. The molecule has 0 aromatic heterocycles. The molecule has 1 aliphatic heterocycles. The zero-order chi connectivity index (χ0) is 14.8. The van der Waals surface area contributed by atoms with Crippen LogP contribution in [0.25, 0.3) is 0 Å². The van der Waals surface area contributed by atoms with E-state index in [0.29, 0.717) is 13.0 Å². The molecule has 0 radical (unpaired) electrons. The van der Waals surface area contributed by atoms with E-state index in [1.54, 1.807) is 20.8 Å². The number of ether oxygens (including phenoxy) is 1. The number of alkyl halides is 2. The summed E-state index contributed by atoms with van der Waals surface area (Å²) >= 11 is 0. The van der Waals surface area contributed by atoms with Crippen molar-refractivity contribution in [1.82, 2.24) is 4.90 Å². The maximum Gasteiger partial charge on any atom is 0.410 e. The fourth-order valence-corrected chi connectivity index (χ4v) is 2.00. The molecule has 1 heterocycles. The van der Waals surface area contributed by atoms with Crippen molar-refractivity contribution < 1.29 is 23.1 Å². The molecule has 6 heteroatoms. The molecule has 0 aromatic carbocycles. The molecule has 4 nitrogen and oxygen atoms in total. The second kappa shape index (κ2) is 5.43. The molecule has 1 aliphatic rings. The monoisotopic (exact) mass is 277 g/mol. The van der Waals surface area contributed by atoms with E-state index < -0.39 is 29.8 Å². The first-order valence-electron chi connectivity index (χ1n) is 6.38. The summed E-state index contributed by atoms with van der Waals surface area (Å²) in [6.07, 6.45) is -0.509. The van der Waals surface area contributed by atoms with Crippen molar-refractivity contribution in [2.24, 2.45) is 5.92 Å². The van der Waals surface area contributed by atoms with Crippen molar-refractivity contribution in [1.29, 1.82) is 0 Å². The number of amides is 1. The van der Waals surface area contributed by atoms with Gasteiger partial charge in [-0.15, -0.1) is 0 Å². The Bertz CT molecular complexity index is 363. The van der Waals surface area contributed by atoms with Crippen LogP contribution in [0.3, 0.4) is 0 Å². The highest BCUT2D eigenvalue weighted by Gasteiger charge is 2.40. The molecule has 0 aliphatic carbocycles. The fourth-order valence-electron chi connectivity index (χ4n) is 2.00.